The van der Waals surface area contributed by atoms with Crippen LogP contribution in [0.5, 0.6) is 0 Å². The Balaban J connectivity index is 1.62. The number of hydrogen-bond acceptors (Lipinski definition) is 4. The zero-order chi connectivity index (χ0) is 19.0. The van der Waals surface area contributed by atoms with Gasteiger partial charge in [0.15, 0.2) is 0 Å². The van der Waals surface area contributed by atoms with E-state index in [1.165, 1.54) is 11.3 Å². The predicted octanol–water partition coefficient (Wildman–Crippen LogP) is 3.53. The smallest absolute Gasteiger partial charge is 0.305 e. The summed E-state index contributed by atoms with van der Waals surface area (Å²) in [5.74, 6) is -0.920. The maximum Gasteiger partial charge on any atom is 0.305 e. The first-order valence-corrected chi connectivity index (χ1v) is 9.88. The number of aryl methyl sites for hydroxylation is 1. The lowest BCUT2D eigenvalue weighted by atomic mass is 10.1. The molecule has 1 amide bonds. The number of amides is 1. The van der Waals surface area contributed by atoms with E-state index in [2.05, 4.69) is 17.2 Å². The zero-order valence-electron chi connectivity index (χ0n) is 15.1. The van der Waals surface area contributed by atoms with E-state index < -0.39 is 5.97 Å². The second kappa shape index (κ2) is 7.15. The number of rotatable bonds is 5. The number of carboxylic acids is 1. The van der Waals surface area contributed by atoms with Gasteiger partial charge >= 0.3 is 5.97 Å². The average Bonchev–Trinajstić information content (AvgIpc) is 3.33. The van der Waals surface area contributed by atoms with Gasteiger partial charge in [-0.1, -0.05) is 30.3 Å². The highest BCUT2D eigenvalue weighted by molar-refractivity contribution is 7.20. The predicted molar refractivity (Wildman–Crippen MR) is 104 cm³/mol. The summed E-state index contributed by atoms with van der Waals surface area (Å²) in [7, 11) is 0. The zero-order valence-corrected chi connectivity index (χ0v) is 15.9. The van der Waals surface area contributed by atoms with Crippen LogP contribution in [0.2, 0.25) is 0 Å². The van der Waals surface area contributed by atoms with Crippen molar-refractivity contribution in [2.24, 2.45) is 0 Å². The van der Waals surface area contributed by atoms with Gasteiger partial charge in [-0.3, -0.25) is 14.3 Å². The molecule has 2 aromatic heterocycles. The molecular weight excluding hydrogens is 362 g/mol. The standard InChI is InChI=1S/C20H21N3O3S/c1-13-16-11-17(19(26)22-9-5-8-15(22)10-18(24)25)27-20(16)23(21-13)12-14-6-3-2-4-7-14/h2-4,6-7,11,15H,5,8-10,12H2,1H3,(H,24,25). The van der Waals surface area contributed by atoms with Crippen LogP contribution in [-0.2, 0) is 11.3 Å². The van der Waals surface area contributed by atoms with Crippen LogP contribution < -0.4 is 0 Å². The number of carboxylic acid groups (broad SMARTS) is 1. The van der Waals surface area contributed by atoms with Crippen molar-refractivity contribution in [3.05, 3.63) is 52.5 Å². The summed E-state index contributed by atoms with van der Waals surface area (Å²) in [6.45, 7) is 3.23. The molecule has 1 aliphatic heterocycles. The van der Waals surface area contributed by atoms with Gasteiger partial charge in [0.05, 0.1) is 23.5 Å². The molecule has 0 spiro atoms. The molecule has 1 fully saturated rings. The van der Waals surface area contributed by atoms with Crippen molar-refractivity contribution in [3.8, 4) is 0 Å². The third-order valence-electron chi connectivity index (χ3n) is 5.04. The van der Waals surface area contributed by atoms with Crippen LogP contribution in [0.4, 0.5) is 0 Å². The minimum atomic E-state index is -0.856. The maximum absolute atomic E-state index is 13.0. The summed E-state index contributed by atoms with van der Waals surface area (Å²) in [5.41, 5.74) is 2.06. The lowest BCUT2D eigenvalue weighted by Crippen LogP contribution is -2.36. The van der Waals surface area contributed by atoms with Crippen LogP contribution in [-0.4, -0.2) is 44.3 Å². The van der Waals surface area contributed by atoms with Crippen molar-refractivity contribution in [2.45, 2.75) is 38.8 Å². The van der Waals surface area contributed by atoms with E-state index in [4.69, 9.17) is 5.11 Å². The normalized spacial score (nSPS) is 16.9. The number of aromatic nitrogens is 2. The number of hydrogen-bond donors (Lipinski definition) is 1. The number of benzene rings is 1. The molecule has 0 saturated carbocycles. The van der Waals surface area contributed by atoms with Crippen LogP contribution in [0.15, 0.2) is 36.4 Å². The van der Waals surface area contributed by atoms with Gasteiger partial charge in [-0.25, -0.2) is 0 Å². The largest absolute Gasteiger partial charge is 0.481 e. The Morgan fingerprint density at radius 2 is 2.07 bits per heavy atom. The van der Waals surface area contributed by atoms with Gasteiger partial charge in [0, 0.05) is 18.0 Å². The third kappa shape index (κ3) is 3.47. The van der Waals surface area contributed by atoms with Gasteiger partial charge in [0.1, 0.15) is 4.83 Å². The van der Waals surface area contributed by atoms with Crippen molar-refractivity contribution in [1.29, 1.82) is 0 Å². The minimum absolute atomic E-state index is 0.0114. The van der Waals surface area contributed by atoms with Gasteiger partial charge in [-0.05, 0) is 31.4 Å². The number of carbonyl (C=O) groups is 2. The molecule has 3 heterocycles. The molecule has 0 aliphatic carbocycles. The summed E-state index contributed by atoms with van der Waals surface area (Å²) in [6, 6.07) is 11.8. The third-order valence-corrected chi connectivity index (χ3v) is 6.18. The fourth-order valence-electron chi connectivity index (χ4n) is 3.74. The summed E-state index contributed by atoms with van der Waals surface area (Å²) in [5, 5.41) is 14.7. The summed E-state index contributed by atoms with van der Waals surface area (Å²) >= 11 is 1.44. The van der Waals surface area contributed by atoms with Crippen LogP contribution in [0.3, 0.4) is 0 Å². The van der Waals surface area contributed by atoms with E-state index in [1.807, 2.05) is 35.9 Å². The summed E-state index contributed by atoms with van der Waals surface area (Å²) in [6.07, 6.45) is 1.62. The van der Waals surface area contributed by atoms with E-state index in [0.29, 0.717) is 18.0 Å². The van der Waals surface area contributed by atoms with E-state index in [-0.39, 0.29) is 18.4 Å². The summed E-state index contributed by atoms with van der Waals surface area (Å²) < 4.78 is 1.94. The Bertz CT molecular complexity index is 993. The molecule has 140 valence electrons. The molecular formula is C20H21N3O3S. The molecule has 1 aromatic carbocycles. The van der Waals surface area contributed by atoms with Crippen LogP contribution in [0.25, 0.3) is 10.2 Å². The van der Waals surface area contributed by atoms with Gasteiger partial charge < -0.3 is 10.0 Å². The van der Waals surface area contributed by atoms with Crippen molar-refractivity contribution >= 4 is 33.4 Å². The molecule has 1 unspecified atom stereocenters. The van der Waals surface area contributed by atoms with E-state index in [0.717, 1.165) is 34.3 Å². The van der Waals surface area contributed by atoms with Gasteiger partial charge in [0.2, 0.25) is 0 Å². The Labute approximate surface area is 161 Å². The molecule has 1 atom stereocenters. The quantitative estimate of drug-likeness (QED) is 0.731. The Hall–Kier alpha value is -2.67. The first kappa shape index (κ1) is 17.7. The molecule has 0 bridgehead atoms. The number of nitrogens with zero attached hydrogens (tertiary/aromatic N) is 3. The molecule has 6 nitrogen and oxygen atoms in total. The topological polar surface area (TPSA) is 75.4 Å². The molecule has 0 radical (unpaired) electrons. The number of thiophene rings is 1. The maximum atomic E-state index is 13.0. The highest BCUT2D eigenvalue weighted by Gasteiger charge is 2.32. The minimum Gasteiger partial charge on any atom is -0.481 e. The van der Waals surface area contributed by atoms with Crippen molar-refractivity contribution in [2.75, 3.05) is 6.54 Å². The molecule has 3 aromatic rings. The molecule has 1 N–H and O–H groups in total. The Kier molecular flexibility index (Phi) is 4.70. The van der Waals surface area contributed by atoms with Gasteiger partial charge in [-0.2, -0.15) is 5.10 Å². The molecule has 7 heteroatoms. The molecule has 27 heavy (non-hydrogen) atoms. The molecule has 1 saturated heterocycles. The fourth-order valence-corrected chi connectivity index (χ4v) is 4.86. The van der Waals surface area contributed by atoms with Gasteiger partial charge in [-0.15, -0.1) is 11.3 Å². The Morgan fingerprint density at radius 1 is 1.30 bits per heavy atom. The first-order chi connectivity index (χ1) is 13.0. The van der Waals surface area contributed by atoms with Crippen LogP contribution >= 0.6 is 11.3 Å². The highest BCUT2D eigenvalue weighted by Crippen LogP contribution is 2.31. The molecule has 1 aliphatic rings. The van der Waals surface area contributed by atoms with E-state index in [9.17, 15) is 9.59 Å². The van der Waals surface area contributed by atoms with Crippen molar-refractivity contribution < 1.29 is 14.7 Å². The SMILES string of the molecule is Cc1nn(Cc2ccccc2)c2sc(C(=O)N3CCCC3CC(=O)O)cc12. The fraction of sp³-hybridized carbons (Fsp3) is 0.350. The van der Waals surface area contributed by atoms with Crippen LogP contribution in [0.1, 0.15) is 40.2 Å². The highest BCUT2D eigenvalue weighted by atomic mass is 32.1. The monoisotopic (exact) mass is 383 g/mol. The Morgan fingerprint density at radius 3 is 2.81 bits per heavy atom. The number of likely N-dealkylation sites (tertiary alicyclic amines) is 1. The van der Waals surface area contributed by atoms with E-state index in [1.54, 1.807) is 4.90 Å². The summed E-state index contributed by atoms with van der Waals surface area (Å²) in [4.78, 5) is 27.4. The number of aliphatic carboxylic acids is 1. The molecule has 4 rings (SSSR count). The first-order valence-electron chi connectivity index (χ1n) is 9.06. The average molecular weight is 383 g/mol. The van der Waals surface area contributed by atoms with E-state index >= 15 is 0 Å². The van der Waals surface area contributed by atoms with Crippen LogP contribution in [0, 0.1) is 6.92 Å². The second-order valence-electron chi connectivity index (χ2n) is 6.95. The second-order valence-corrected chi connectivity index (χ2v) is 7.98. The number of carbonyl (C=O) groups excluding carboxylic acids is 1. The lowest BCUT2D eigenvalue weighted by molar-refractivity contribution is -0.137. The number of fused-ring (bicyclic) bond motifs is 1. The lowest BCUT2D eigenvalue weighted by Gasteiger charge is -2.22. The van der Waals surface area contributed by atoms with Gasteiger partial charge in [0.25, 0.3) is 5.91 Å². The van der Waals surface area contributed by atoms with Crippen molar-refractivity contribution in [3.63, 3.8) is 0 Å². The van der Waals surface area contributed by atoms with Crippen molar-refractivity contribution in [1.82, 2.24) is 14.7 Å².